The molecule has 1 aromatic heterocycles. The van der Waals surface area contributed by atoms with Gasteiger partial charge in [0.05, 0.1) is 12.1 Å². The highest BCUT2D eigenvalue weighted by atomic mass is 19.4. The second-order valence-electron chi connectivity index (χ2n) is 7.56. The fourth-order valence-corrected chi connectivity index (χ4v) is 4.26. The van der Waals surface area contributed by atoms with Crippen LogP contribution < -0.4 is 5.73 Å². The van der Waals surface area contributed by atoms with Gasteiger partial charge in [-0.05, 0) is 30.9 Å². The molecule has 2 bridgehead atoms. The van der Waals surface area contributed by atoms with Crippen LogP contribution in [0.4, 0.5) is 26.3 Å². The lowest BCUT2D eigenvalue weighted by molar-refractivity contribution is -0.148. The molecule has 12 heteroatoms. The summed E-state index contributed by atoms with van der Waals surface area (Å²) in [7, 11) is 0. The number of carbonyl (C=O) groups excluding carboxylic acids is 1. The number of benzene rings is 1. The molecule has 1 amide bonds. The van der Waals surface area contributed by atoms with E-state index in [2.05, 4.69) is 10.2 Å². The predicted octanol–water partition coefficient (Wildman–Crippen LogP) is 2.72. The molecule has 2 N–H and O–H groups in total. The smallest absolute Gasteiger partial charge is 0.328 e. The van der Waals surface area contributed by atoms with Gasteiger partial charge in [0.2, 0.25) is 11.7 Å². The number of carbonyl (C=O) groups is 1. The largest absolute Gasteiger partial charge is 0.451 e. The SMILES string of the molecule is NC(CC(=O)N1C2CCC1c1nnc(C(F)(F)F)n1C2)Cc1cc(F)c(F)cc1F. The summed E-state index contributed by atoms with van der Waals surface area (Å²) in [4.78, 5) is 14.3. The molecule has 162 valence electrons. The normalized spacial score (nSPS) is 21.6. The van der Waals surface area contributed by atoms with Crippen LogP contribution in [0.25, 0.3) is 0 Å². The van der Waals surface area contributed by atoms with E-state index in [1.165, 1.54) is 4.90 Å². The first kappa shape index (κ1) is 20.6. The lowest BCUT2D eigenvalue weighted by Gasteiger charge is -2.36. The molecule has 0 aliphatic carbocycles. The van der Waals surface area contributed by atoms with Crippen molar-refractivity contribution in [3.63, 3.8) is 0 Å². The van der Waals surface area contributed by atoms with Crippen molar-refractivity contribution in [1.82, 2.24) is 19.7 Å². The zero-order valence-corrected chi connectivity index (χ0v) is 15.5. The van der Waals surface area contributed by atoms with E-state index in [-0.39, 0.29) is 30.8 Å². The second kappa shape index (κ2) is 7.25. The molecular formula is C18H17F6N5O. The molecule has 0 spiro atoms. The molecule has 1 aromatic carbocycles. The van der Waals surface area contributed by atoms with Crippen molar-refractivity contribution in [1.29, 1.82) is 0 Å². The molecule has 2 aromatic rings. The van der Waals surface area contributed by atoms with Crippen LogP contribution in [-0.2, 0) is 23.9 Å². The minimum atomic E-state index is -4.65. The van der Waals surface area contributed by atoms with Crippen molar-refractivity contribution >= 4 is 5.91 Å². The Hall–Kier alpha value is -2.63. The Kier molecular flexibility index (Phi) is 4.99. The molecule has 4 rings (SSSR count). The number of amides is 1. The van der Waals surface area contributed by atoms with Gasteiger partial charge in [-0.15, -0.1) is 10.2 Å². The van der Waals surface area contributed by atoms with Crippen molar-refractivity contribution in [2.45, 2.75) is 56.5 Å². The number of hydrogen-bond donors (Lipinski definition) is 1. The van der Waals surface area contributed by atoms with Gasteiger partial charge >= 0.3 is 6.18 Å². The number of alkyl halides is 3. The summed E-state index contributed by atoms with van der Waals surface area (Å²) in [6, 6.07) is -0.885. The van der Waals surface area contributed by atoms with E-state index in [1.54, 1.807) is 0 Å². The maximum atomic E-state index is 13.8. The highest BCUT2D eigenvalue weighted by molar-refractivity contribution is 5.78. The average molecular weight is 433 g/mol. The monoisotopic (exact) mass is 433 g/mol. The van der Waals surface area contributed by atoms with Crippen LogP contribution in [0.15, 0.2) is 12.1 Å². The molecule has 0 saturated carbocycles. The lowest BCUT2D eigenvalue weighted by Crippen LogP contribution is -2.46. The Labute approximate surface area is 166 Å². The Morgan fingerprint density at radius 3 is 2.53 bits per heavy atom. The van der Waals surface area contributed by atoms with Gasteiger partial charge in [-0.1, -0.05) is 0 Å². The van der Waals surface area contributed by atoms with Gasteiger partial charge in [-0.25, -0.2) is 13.2 Å². The van der Waals surface area contributed by atoms with Crippen LogP contribution in [0.2, 0.25) is 0 Å². The standard InChI is InChI=1S/C18H17F6N5O/c19-11-6-13(21)12(20)4-8(11)3-9(25)5-15(30)29-10-1-2-14(29)16-26-27-17(18(22,23)24)28(16)7-10/h4,6,9-10,14H,1-3,5,7,25H2. The number of hydrogen-bond acceptors (Lipinski definition) is 4. The zero-order chi connectivity index (χ0) is 21.8. The van der Waals surface area contributed by atoms with E-state index < -0.39 is 53.5 Å². The van der Waals surface area contributed by atoms with Crippen LogP contribution >= 0.6 is 0 Å². The number of aromatic nitrogens is 3. The summed E-state index contributed by atoms with van der Waals surface area (Å²) in [6.45, 7) is -0.0769. The van der Waals surface area contributed by atoms with E-state index in [0.717, 1.165) is 4.57 Å². The highest BCUT2D eigenvalue weighted by Gasteiger charge is 2.48. The summed E-state index contributed by atoms with van der Waals surface area (Å²) in [5.41, 5.74) is 5.76. The molecule has 6 nitrogen and oxygen atoms in total. The average Bonchev–Trinajstić information content (AvgIpc) is 3.21. The number of nitrogens with zero attached hydrogens (tertiary/aromatic N) is 4. The molecule has 3 heterocycles. The molecule has 1 saturated heterocycles. The van der Waals surface area contributed by atoms with Gasteiger partial charge in [0.1, 0.15) is 5.82 Å². The number of nitrogens with two attached hydrogens (primary N) is 1. The minimum absolute atomic E-state index is 0.0737. The molecule has 3 unspecified atom stereocenters. The lowest BCUT2D eigenvalue weighted by atomic mass is 10.0. The van der Waals surface area contributed by atoms with E-state index >= 15 is 0 Å². The zero-order valence-electron chi connectivity index (χ0n) is 15.5. The molecular weight excluding hydrogens is 416 g/mol. The van der Waals surface area contributed by atoms with Crippen LogP contribution in [0, 0.1) is 17.5 Å². The summed E-state index contributed by atoms with van der Waals surface area (Å²) >= 11 is 0. The van der Waals surface area contributed by atoms with Crippen LogP contribution in [0.1, 0.15) is 42.5 Å². The Morgan fingerprint density at radius 2 is 1.83 bits per heavy atom. The topological polar surface area (TPSA) is 77.0 Å². The summed E-state index contributed by atoms with van der Waals surface area (Å²) < 4.78 is 80.5. The first-order valence-electron chi connectivity index (χ1n) is 9.26. The van der Waals surface area contributed by atoms with E-state index in [4.69, 9.17) is 5.73 Å². The molecule has 30 heavy (non-hydrogen) atoms. The van der Waals surface area contributed by atoms with Crippen molar-refractivity contribution < 1.29 is 31.1 Å². The van der Waals surface area contributed by atoms with Gasteiger partial charge < -0.3 is 15.2 Å². The van der Waals surface area contributed by atoms with E-state index in [1.807, 2.05) is 0 Å². The van der Waals surface area contributed by atoms with Gasteiger partial charge in [0.25, 0.3) is 0 Å². The van der Waals surface area contributed by atoms with Crippen molar-refractivity contribution in [2.24, 2.45) is 5.73 Å². The molecule has 0 radical (unpaired) electrons. The first-order valence-corrected chi connectivity index (χ1v) is 9.26. The summed E-state index contributed by atoms with van der Waals surface area (Å²) in [6.07, 6.45) is -4.13. The summed E-state index contributed by atoms with van der Waals surface area (Å²) in [5, 5.41) is 6.89. The maximum absolute atomic E-state index is 13.8. The van der Waals surface area contributed by atoms with Gasteiger partial charge in [0.15, 0.2) is 17.5 Å². The third-order valence-corrected chi connectivity index (χ3v) is 5.52. The first-order chi connectivity index (χ1) is 14.1. The third-order valence-electron chi connectivity index (χ3n) is 5.52. The van der Waals surface area contributed by atoms with Crippen LogP contribution in [0.3, 0.4) is 0 Å². The third kappa shape index (κ3) is 3.53. The van der Waals surface area contributed by atoms with Crippen molar-refractivity contribution in [3.8, 4) is 0 Å². The maximum Gasteiger partial charge on any atom is 0.451 e. The molecule has 1 fully saturated rings. The van der Waals surface area contributed by atoms with Crippen molar-refractivity contribution in [3.05, 3.63) is 46.8 Å². The van der Waals surface area contributed by atoms with E-state index in [0.29, 0.717) is 25.0 Å². The van der Waals surface area contributed by atoms with Gasteiger partial charge in [0, 0.05) is 25.1 Å². The molecule has 2 aliphatic rings. The number of fused-ring (bicyclic) bond motifs is 4. The van der Waals surface area contributed by atoms with E-state index in [9.17, 15) is 31.1 Å². The van der Waals surface area contributed by atoms with Gasteiger partial charge in [-0.3, -0.25) is 4.79 Å². The minimum Gasteiger partial charge on any atom is -0.328 e. The second-order valence-corrected chi connectivity index (χ2v) is 7.56. The quantitative estimate of drug-likeness (QED) is 0.594. The van der Waals surface area contributed by atoms with Gasteiger partial charge in [-0.2, -0.15) is 13.2 Å². The number of halogens is 6. The fraction of sp³-hybridized carbons (Fsp3) is 0.500. The Morgan fingerprint density at radius 1 is 1.13 bits per heavy atom. The number of rotatable bonds is 4. The predicted molar refractivity (Wildman–Crippen MR) is 90.2 cm³/mol. The Balaban J connectivity index is 1.48. The molecule has 2 aliphatic heterocycles. The fourth-order valence-electron chi connectivity index (χ4n) is 4.26. The highest BCUT2D eigenvalue weighted by Crippen LogP contribution is 2.43. The Bertz CT molecular complexity index is 990. The van der Waals surface area contributed by atoms with Crippen LogP contribution in [0.5, 0.6) is 0 Å². The van der Waals surface area contributed by atoms with Crippen molar-refractivity contribution in [2.75, 3.05) is 0 Å². The molecule has 3 atom stereocenters. The van der Waals surface area contributed by atoms with Crippen LogP contribution in [-0.4, -0.2) is 37.7 Å². The summed E-state index contributed by atoms with van der Waals surface area (Å²) in [5.74, 6) is -4.95.